The average molecular weight is 349 g/mol. The molecule has 3 rings (SSSR count). The third kappa shape index (κ3) is 4.71. The van der Waals surface area contributed by atoms with Gasteiger partial charge in [-0.1, -0.05) is 19.3 Å². The van der Waals surface area contributed by atoms with Crippen molar-refractivity contribution in [2.24, 2.45) is 0 Å². The van der Waals surface area contributed by atoms with E-state index in [0.29, 0.717) is 12.1 Å². The number of hydrogen-bond donors (Lipinski definition) is 0. The first-order chi connectivity index (χ1) is 11.9. The van der Waals surface area contributed by atoms with Crippen LogP contribution in [0, 0.1) is 0 Å². The van der Waals surface area contributed by atoms with Crippen molar-refractivity contribution in [3.63, 3.8) is 0 Å². The predicted octanol–water partition coefficient (Wildman–Crippen LogP) is 2.70. The monoisotopic (exact) mass is 349 g/mol. The fraction of sp³-hybridized carbons (Fsp3) is 0.833. The second-order valence-corrected chi connectivity index (χ2v) is 8.15. The highest BCUT2D eigenvalue weighted by atomic mass is 16.6. The fourth-order valence-electron chi connectivity index (χ4n) is 3.95. The molecule has 1 aromatic rings. The zero-order valence-electron chi connectivity index (χ0n) is 15.7. The quantitative estimate of drug-likeness (QED) is 0.768. The number of ether oxygens (including phenoxy) is 1. The Labute approximate surface area is 150 Å². The molecule has 1 aliphatic heterocycles. The molecule has 0 spiro atoms. The number of amides is 1. The van der Waals surface area contributed by atoms with Crippen LogP contribution < -0.4 is 0 Å². The van der Waals surface area contributed by atoms with Crippen molar-refractivity contribution in [1.82, 2.24) is 24.6 Å². The van der Waals surface area contributed by atoms with Crippen LogP contribution >= 0.6 is 0 Å². The van der Waals surface area contributed by atoms with E-state index in [0.717, 1.165) is 32.6 Å². The lowest BCUT2D eigenvalue weighted by atomic mass is 10.0. The van der Waals surface area contributed by atoms with Crippen LogP contribution in [0.5, 0.6) is 0 Å². The number of hydrogen-bond acceptors (Lipinski definition) is 5. The summed E-state index contributed by atoms with van der Waals surface area (Å²) in [4.78, 5) is 20.8. The van der Waals surface area contributed by atoms with Crippen LogP contribution in [0.4, 0.5) is 4.79 Å². The summed E-state index contributed by atoms with van der Waals surface area (Å²) in [6.07, 6.45) is 9.43. The average Bonchev–Trinajstić information content (AvgIpc) is 2.98. The first-order valence-corrected chi connectivity index (χ1v) is 9.50. The standard InChI is InChI=1S/C18H31N5O2/c1-18(2,3)25-17(24)22-11-9-21(10-12-22)15-7-5-4-6-8-16(15)23-14-19-13-20-23/h13-16H,4-12H2,1-3H3. The van der Waals surface area contributed by atoms with Gasteiger partial charge < -0.3 is 9.64 Å². The molecule has 2 atom stereocenters. The van der Waals surface area contributed by atoms with Gasteiger partial charge in [0.1, 0.15) is 18.3 Å². The SMILES string of the molecule is CC(C)(C)OC(=O)N1CCN(C2CCCCCC2n2cncn2)CC1. The van der Waals surface area contributed by atoms with Gasteiger partial charge in [-0.15, -0.1) is 0 Å². The number of aromatic nitrogens is 3. The first-order valence-electron chi connectivity index (χ1n) is 9.50. The zero-order valence-corrected chi connectivity index (χ0v) is 15.7. The van der Waals surface area contributed by atoms with E-state index in [1.54, 1.807) is 6.33 Å². The van der Waals surface area contributed by atoms with Crippen LogP contribution in [-0.2, 0) is 4.74 Å². The number of carbonyl (C=O) groups is 1. The highest BCUT2D eigenvalue weighted by Crippen LogP contribution is 2.31. The molecule has 140 valence electrons. The summed E-state index contributed by atoms with van der Waals surface area (Å²) in [5.74, 6) is 0. The summed E-state index contributed by atoms with van der Waals surface area (Å²) in [5.41, 5.74) is -0.437. The number of rotatable bonds is 2. The van der Waals surface area contributed by atoms with Crippen LogP contribution in [0.2, 0.25) is 0 Å². The molecular formula is C18H31N5O2. The minimum absolute atomic E-state index is 0.194. The second-order valence-electron chi connectivity index (χ2n) is 8.15. The lowest BCUT2D eigenvalue weighted by Crippen LogP contribution is -2.54. The van der Waals surface area contributed by atoms with Gasteiger partial charge in [0.25, 0.3) is 0 Å². The minimum Gasteiger partial charge on any atom is -0.444 e. The Hall–Kier alpha value is -1.63. The second kappa shape index (κ2) is 7.72. The lowest BCUT2D eigenvalue weighted by Gasteiger charge is -2.41. The molecule has 2 aliphatic rings. The molecule has 2 unspecified atom stereocenters. The molecule has 0 radical (unpaired) electrons. The molecule has 0 aromatic carbocycles. The van der Waals surface area contributed by atoms with E-state index in [4.69, 9.17) is 4.74 Å². The van der Waals surface area contributed by atoms with Crippen LogP contribution in [0.3, 0.4) is 0 Å². The van der Waals surface area contributed by atoms with E-state index in [-0.39, 0.29) is 6.09 Å². The van der Waals surface area contributed by atoms with Crippen molar-refractivity contribution in [2.75, 3.05) is 26.2 Å². The van der Waals surface area contributed by atoms with Crippen molar-refractivity contribution in [3.8, 4) is 0 Å². The summed E-state index contributed by atoms with van der Waals surface area (Å²) in [7, 11) is 0. The molecule has 7 nitrogen and oxygen atoms in total. The van der Waals surface area contributed by atoms with E-state index < -0.39 is 5.60 Å². The molecule has 1 saturated carbocycles. The Morgan fingerprint density at radius 1 is 1.04 bits per heavy atom. The highest BCUT2D eigenvalue weighted by molar-refractivity contribution is 5.68. The van der Waals surface area contributed by atoms with Gasteiger partial charge in [-0.3, -0.25) is 4.90 Å². The maximum atomic E-state index is 12.3. The van der Waals surface area contributed by atoms with Crippen molar-refractivity contribution >= 4 is 6.09 Å². The molecule has 25 heavy (non-hydrogen) atoms. The summed E-state index contributed by atoms with van der Waals surface area (Å²) in [6.45, 7) is 9.00. The maximum absolute atomic E-state index is 12.3. The highest BCUT2D eigenvalue weighted by Gasteiger charge is 2.34. The maximum Gasteiger partial charge on any atom is 0.410 e. The molecule has 2 heterocycles. The fourth-order valence-corrected chi connectivity index (χ4v) is 3.95. The van der Waals surface area contributed by atoms with E-state index in [1.807, 2.05) is 36.7 Å². The molecular weight excluding hydrogens is 318 g/mol. The van der Waals surface area contributed by atoms with Gasteiger partial charge in [0.2, 0.25) is 0 Å². The minimum atomic E-state index is -0.437. The molecule has 0 bridgehead atoms. The van der Waals surface area contributed by atoms with Crippen LogP contribution in [0.1, 0.15) is 58.9 Å². The van der Waals surface area contributed by atoms with E-state index in [9.17, 15) is 4.79 Å². The number of piperazine rings is 1. The largest absolute Gasteiger partial charge is 0.444 e. The topological polar surface area (TPSA) is 63.5 Å². The molecule has 7 heteroatoms. The summed E-state index contributed by atoms with van der Waals surface area (Å²) >= 11 is 0. The zero-order chi connectivity index (χ0) is 17.9. The van der Waals surface area contributed by atoms with Gasteiger partial charge in [0.15, 0.2) is 0 Å². The molecule has 0 N–H and O–H groups in total. The van der Waals surface area contributed by atoms with Gasteiger partial charge in [0, 0.05) is 32.2 Å². The van der Waals surface area contributed by atoms with Crippen molar-refractivity contribution in [3.05, 3.63) is 12.7 Å². The van der Waals surface area contributed by atoms with Gasteiger partial charge in [-0.25, -0.2) is 14.5 Å². The predicted molar refractivity (Wildman–Crippen MR) is 95.3 cm³/mol. The number of carbonyl (C=O) groups excluding carboxylic acids is 1. The third-order valence-electron chi connectivity index (χ3n) is 5.16. The Bertz CT molecular complexity index is 546. The summed E-state index contributed by atoms with van der Waals surface area (Å²) in [5, 5.41) is 4.40. The van der Waals surface area contributed by atoms with Crippen molar-refractivity contribution in [1.29, 1.82) is 0 Å². The molecule has 2 fully saturated rings. The molecule has 1 saturated heterocycles. The van der Waals surface area contributed by atoms with Crippen molar-refractivity contribution in [2.45, 2.75) is 70.6 Å². The van der Waals surface area contributed by atoms with Crippen LogP contribution in [0.25, 0.3) is 0 Å². The Balaban J connectivity index is 1.61. The third-order valence-corrected chi connectivity index (χ3v) is 5.16. The first kappa shape index (κ1) is 18.2. The van der Waals surface area contributed by atoms with Gasteiger partial charge in [-0.2, -0.15) is 5.10 Å². The summed E-state index contributed by atoms with van der Waals surface area (Å²) in [6, 6.07) is 0.864. The smallest absolute Gasteiger partial charge is 0.410 e. The van der Waals surface area contributed by atoms with E-state index in [2.05, 4.69) is 15.0 Å². The molecule has 1 aliphatic carbocycles. The van der Waals surface area contributed by atoms with E-state index >= 15 is 0 Å². The van der Waals surface area contributed by atoms with Gasteiger partial charge in [0.05, 0.1) is 6.04 Å². The summed E-state index contributed by atoms with van der Waals surface area (Å²) < 4.78 is 7.54. The Morgan fingerprint density at radius 3 is 2.32 bits per heavy atom. The Morgan fingerprint density at radius 2 is 1.72 bits per heavy atom. The van der Waals surface area contributed by atoms with Crippen LogP contribution in [-0.4, -0.2) is 68.5 Å². The van der Waals surface area contributed by atoms with Gasteiger partial charge >= 0.3 is 6.09 Å². The molecule has 1 amide bonds. The van der Waals surface area contributed by atoms with Gasteiger partial charge in [-0.05, 0) is 33.6 Å². The normalized spacial score (nSPS) is 26.3. The van der Waals surface area contributed by atoms with Crippen molar-refractivity contribution < 1.29 is 9.53 Å². The molecule has 1 aromatic heterocycles. The lowest BCUT2D eigenvalue weighted by molar-refractivity contribution is 0.00597. The Kier molecular flexibility index (Phi) is 5.61. The van der Waals surface area contributed by atoms with Crippen LogP contribution in [0.15, 0.2) is 12.7 Å². The number of nitrogens with zero attached hydrogens (tertiary/aromatic N) is 5. The van der Waals surface area contributed by atoms with E-state index in [1.165, 1.54) is 25.7 Å².